The number of carbonyl (C=O) groups excluding carboxylic acids is 1. The summed E-state index contributed by atoms with van der Waals surface area (Å²) in [6, 6.07) is 19.7. The van der Waals surface area contributed by atoms with E-state index in [2.05, 4.69) is 21.7 Å². The van der Waals surface area contributed by atoms with Gasteiger partial charge in [-0.15, -0.1) is 0 Å². The highest BCUT2D eigenvalue weighted by Crippen LogP contribution is 2.45. The molecule has 2 heterocycles. The number of nitrogens with zero attached hydrogens (tertiary/aromatic N) is 1. The van der Waals surface area contributed by atoms with Crippen LogP contribution in [0.2, 0.25) is 0 Å². The summed E-state index contributed by atoms with van der Waals surface area (Å²) in [7, 11) is 1.68. The van der Waals surface area contributed by atoms with Gasteiger partial charge in [0.25, 0.3) is 0 Å². The van der Waals surface area contributed by atoms with Crippen LogP contribution in [0.5, 0.6) is 5.75 Å². The Balaban J connectivity index is 1.61. The van der Waals surface area contributed by atoms with Crippen molar-refractivity contribution in [1.29, 1.82) is 0 Å². The summed E-state index contributed by atoms with van der Waals surface area (Å²) in [5.74, 6) is 1.05. The number of benzene rings is 2. The molecule has 5 heteroatoms. The fourth-order valence-corrected chi connectivity index (χ4v) is 4.51. The third kappa shape index (κ3) is 3.22. The van der Waals surface area contributed by atoms with Crippen molar-refractivity contribution in [2.75, 3.05) is 17.7 Å². The zero-order valence-corrected chi connectivity index (χ0v) is 16.8. The number of methoxy groups -OCH3 is 1. The van der Waals surface area contributed by atoms with Gasteiger partial charge in [-0.05, 0) is 41.8 Å². The van der Waals surface area contributed by atoms with E-state index in [9.17, 15) is 4.79 Å². The number of para-hydroxylation sites is 3. The second-order valence-electron chi connectivity index (χ2n) is 7.70. The van der Waals surface area contributed by atoms with Crippen LogP contribution in [0.4, 0.5) is 11.4 Å². The van der Waals surface area contributed by atoms with E-state index < -0.39 is 0 Å². The van der Waals surface area contributed by atoms with Gasteiger partial charge in [0, 0.05) is 36.0 Å². The minimum Gasteiger partial charge on any atom is -0.496 e. The van der Waals surface area contributed by atoms with Gasteiger partial charge in [0.2, 0.25) is 0 Å². The van der Waals surface area contributed by atoms with Gasteiger partial charge in [0.1, 0.15) is 5.75 Å². The average Bonchev–Trinajstić information content (AvgIpc) is 2.96. The molecule has 0 fully saturated rings. The van der Waals surface area contributed by atoms with Gasteiger partial charge in [0.05, 0.1) is 24.5 Å². The highest BCUT2D eigenvalue weighted by Gasteiger charge is 2.36. The highest BCUT2D eigenvalue weighted by atomic mass is 16.5. The van der Waals surface area contributed by atoms with E-state index in [1.807, 2.05) is 60.8 Å². The summed E-state index contributed by atoms with van der Waals surface area (Å²) in [6.07, 6.45) is 4.78. The molecule has 5 rings (SSSR count). The number of fused-ring (bicyclic) bond motifs is 1. The number of ketones is 1. The fourth-order valence-electron chi connectivity index (χ4n) is 4.51. The number of Topliss-reactive ketones (excluding diaryl/α,β-unsaturated/α-hetero) is 1. The number of anilines is 2. The molecule has 0 unspecified atom stereocenters. The van der Waals surface area contributed by atoms with Crippen LogP contribution in [0.25, 0.3) is 0 Å². The lowest BCUT2D eigenvalue weighted by atomic mass is 9.78. The van der Waals surface area contributed by atoms with Crippen molar-refractivity contribution >= 4 is 17.2 Å². The Morgan fingerprint density at radius 1 is 0.967 bits per heavy atom. The molecular formula is C25H23N3O2. The van der Waals surface area contributed by atoms with Crippen LogP contribution < -0.4 is 15.4 Å². The second kappa shape index (κ2) is 7.67. The van der Waals surface area contributed by atoms with E-state index in [4.69, 9.17) is 4.74 Å². The van der Waals surface area contributed by atoms with Crippen LogP contribution in [0.1, 0.15) is 35.9 Å². The van der Waals surface area contributed by atoms with Crippen molar-refractivity contribution < 1.29 is 9.53 Å². The maximum atomic E-state index is 13.5. The molecule has 0 spiro atoms. The summed E-state index contributed by atoms with van der Waals surface area (Å²) in [4.78, 5) is 17.8. The molecule has 150 valence electrons. The summed E-state index contributed by atoms with van der Waals surface area (Å²) >= 11 is 0. The van der Waals surface area contributed by atoms with Crippen molar-refractivity contribution in [2.24, 2.45) is 0 Å². The van der Waals surface area contributed by atoms with Gasteiger partial charge < -0.3 is 15.4 Å². The number of allylic oxidation sites excluding steroid dienone is 1. The molecule has 0 bridgehead atoms. The summed E-state index contributed by atoms with van der Waals surface area (Å²) < 4.78 is 5.57. The number of rotatable bonds is 3. The SMILES string of the molecule is COc1ccccc1[C@H]1CC(=O)C2=C(C1)Nc1ccccc1N[C@@H]2c1cccnc1. The molecule has 2 aliphatic rings. The topological polar surface area (TPSA) is 63.2 Å². The molecule has 3 aromatic rings. The molecule has 1 aliphatic heterocycles. The maximum absolute atomic E-state index is 13.5. The van der Waals surface area contributed by atoms with Crippen LogP contribution in [-0.2, 0) is 4.79 Å². The molecule has 30 heavy (non-hydrogen) atoms. The van der Waals surface area contributed by atoms with Crippen molar-refractivity contribution in [3.05, 3.63) is 95.5 Å². The molecule has 2 N–H and O–H groups in total. The van der Waals surface area contributed by atoms with Gasteiger partial charge >= 0.3 is 0 Å². The van der Waals surface area contributed by atoms with Gasteiger partial charge in [0.15, 0.2) is 5.78 Å². The molecule has 5 nitrogen and oxygen atoms in total. The monoisotopic (exact) mass is 397 g/mol. The number of nitrogens with one attached hydrogen (secondary N) is 2. The fraction of sp³-hybridized carbons (Fsp3) is 0.200. The van der Waals surface area contributed by atoms with Gasteiger partial charge in [-0.1, -0.05) is 36.4 Å². The Hall–Kier alpha value is -3.60. The molecule has 2 aromatic carbocycles. The van der Waals surface area contributed by atoms with Crippen LogP contribution >= 0.6 is 0 Å². The Morgan fingerprint density at radius 2 is 1.77 bits per heavy atom. The first-order chi connectivity index (χ1) is 14.7. The molecule has 0 saturated carbocycles. The Morgan fingerprint density at radius 3 is 2.57 bits per heavy atom. The lowest BCUT2D eigenvalue weighted by Gasteiger charge is -2.30. The van der Waals surface area contributed by atoms with E-state index in [0.29, 0.717) is 6.42 Å². The molecule has 0 saturated heterocycles. The number of ether oxygens (including phenoxy) is 1. The first kappa shape index (κ1) is 18.4. The number of hydrogen-bond acceptors (Lipinski definition) is 5. The van der Waals surface area contributed by atoms with E-state index in [-0.39, 0.29) is 17.7 Å². The highest BCUT2D eigenvalue weighted by molar-refractivity contribution is 6.01. The quantitative estimate of drug-likeness (QED) is 0.646. The smallest absolute Gasteiger partial charge is 0.163 e. The van der Waals surface area contributed by atoms with Crippen molar-refractivity contribution in [3.63, 3.8) is 0 Å². The van der Waals surface area contributed by atoms with Crippen molar-refractivity contribution in [2.45, 2.75) is 24.8 Å². The van der Waals surface area contributed by atoms with Gasteiger partial charge in [-0.25, -0.2) is 0 Å². The standard InChI is InChI=1S/C25H23N3O2/c1-30-23-11-5-2-8-18(23)17-13-21-24(22(29)14-17)25(16-7-6-12-26-15-16)28-20-10-4-3-9-19(20)27-21/h2-12,15,17,25,27-28H,13-14H2,1H3/t17-,25-/m1/s1. The predicted molar refractivity (Wildman–Crippen MR) is 118 cm³/mol. The number of carbonyl (C=O) groups is 1. The normalized spacial score (nSPS) is 20.4. The van der Waals surface area contributed by atoms with E-state index in [0.717, 1.165) is 45.9 Å². The van der Waals surface area contributed by atoms with Crippen LogP contribution in [-0.4, -0.2) is 17.9 Å². The molecule has 0 amide bonds. The molecule has 1 aliphatic carbocycles. The zero-order valence-electron chi connectivity index (χ0n) is 16.8. The third-order valence-corrected chi connectivity index (χ3v) is 5.91. The first-order valence-electron chi connectivity index (χ1n) is 10.2. The third-order valence-electron chi connectivity index (χ3n) is 5.91. The molecular weight excluding hydrogens is 374 g/mol. The second-order valence-corrected chi connectivity index (χ2v) is 7.70. The minimum absolute atomic E-state index is 0.0692. The van der Waals surface area contributed by atoms with Gasteiger partial charge in [-0.2, -0.15) is 0 Å². The zero-order chi connectivity index (χ0) is 20.5. The number of pyridine rings is 1. The van der Waals surface area contributed by atoms with Crippen molar-refractivity contribution in [3.8, 4) is 5.75 Å². The Labute approximate surface area is 175 Å². The van der Waals surface area contributed by atoms with E-state index in [1.54, 1.807) is 13.3 Å². The number of hydrogen-bond donors (Lipinski definition) is 2. The molecule has 2 atom stereocenters. The first-order valence-corrected chi connectivity index (χ1v) is 10.2. The van der Waals surface area contributed by atoms with Crippen molar-refractivity contribution in [1.82, 2.24) is 4.98 Å². The average molecular weight is 397 g/mol. The summed E-state index contributed by atoms with van der Waals surface area (Å²) in [5.41, 5.74) is 5.77. The van der Waals surface area contributed by atoms with E-state index in [1.165, 1.54) is 0 Å². The van der Waals surface area contributed by atoms with Gasteiger partial charge in [-0.3, -0.25) is 9.78 Å². The van der Waals surface area contributed by atoms with Crippen LogP contribution in [0.15, 0.2) is 84.3 Å². The van der Waals surface area contributed by atoms with Crippen LogP contribution in [0, 0.1) is 0 Å². The lowest BCUT2D eigenvalue weighted by molar-refractivity contribution is -0.116. The summed E-state index contributed by atoms with van der Waals surface area (Å²) in [6.45, 7) is 0. The minimum atomic E-state index is -0.240. The van der Waals surface area contributed by atoms with Crippen LogP contribution in [0.3, 0.4) is 0 Å². The Bertz CT molecular complexity index is 1120. The van der Waals surface area contributed by atoms with E-state index >= 15 is 0 Å². The Kier molecular flexibility index (Phi) is 4.71. The molecule has 0 radical (unpaired) electrons. The summed E-state index contributed by atoms with van der Waals surface area (Å²) in [5, 5.41) is 7.14. The lowest BCUT2D eigenvalue weighted by Crippen LogP contribution is -2.27. The predicted octanol–water partition coefficient (Wildman–Crippen LogP) is 5.07. The molecule has 1 aromatic heterocycles. The number of aromatic nitrogens is 1. The maximum Gasteiger partial charge on any atom is 0.163 e. The largest absolute Gasteiger partial charge is 0.496 e.